The molecule has 6 unspecified atom stereocenters. The first-order chi connectivity index (χ1) is 64.4. The first kappa shape index (κ1) is 124. The topological polar surface area (TPSA) is 735 Å². The molecule has 65 heteroatoms. The molecule has 0 spiro atoms. The number of nitrogens with one attached hydrogen (secondary N) is 3. The van der Waals surface area contributed by atoms with E-state index < -0.39 is 207 Å². The maximum atomic E-state index is 13.4. The van der Waals surface area contributed by atoms with Crippen LogP contribution < -0.4 is 67.1 Å². The third-order valence-corrected chi connectivity index (χ3v) is 30.4. The molecule has 6 aliphatic heterocycles. The third-order valence-electron chi connectivity index (χ3n) is 27.1. The average molecular weight is 2570 g/mol. The number of ether oxygens (including phenoxy) is 7. The maximum absolute atomic E-state index is 13.4. The minimum atomic E-state index is -2.19. The van der Waals surface area contributed by atoms with Gasteiger partial charge in [-0.15, -0.1) is 0 Å². The van der Waals surface area contributed by atoms with Gasteiger partial charge in [-0.3, -0.25) is 84.1 Å². The number of aromatic amines is 3. The van der Waals surface area contributed by atoms with E-state index in [4.69, 9.17) is 83.2 Å². The van der Waals surface area contributed by atoms with E-state index >= 15 is 0 Å². The quantitative estimate of drug-likeness (QED) is 0.0331. The second-order valence-corrected chi connectivity index (χ2v) is 43.3. The van der Waals surface area contributed by atoms with Crippen LogP contribution in [-0.4, -0.2) is 264 Å². The third kappa shape index (κ3) is 25.5. The monoisotopic (exact) mass is 2570 g/mol. The number of hydrogen-bond acceptors (Lipinski definition) is 43. The number of aryl methyl sites for hydroxylation is 1. The van der Waals surface area contributed by atoms with Crippen LogP contribution in [0.25, 0.3) is 22.3 Å². The Morgan fingerprint density at radius 1 is 0.408 bits per heavy atom. The molecule has 142 heavy (non-hydrogen) atoms. The zero-order valence-corrected chi connectivity index (χ0v) is 101. The Labute approximate surface area is 961 Å². The number of rotatable bonds is 26. The van der Waals surface area contributed by atoms with Crippen molar-refractivity contribution in [2.45, 2.75) is 198 Å². The second kappa shape index (κ2) is 51.1. The van der Waals surface area contributed by atoms with Crippen molar-refractivity contribution < 1.29 is 319 Å². The molecule has 0 aromatic carbocycles. The standard InChI is InChI=1S/C15H22N5O5P.C13H19N6O4P.C13H19N2O6P.C12H16FN2O6P.C12H18N3O5P.C12H17N2O6P.6Y/c1-3-23-12-9-11(18-14(16)19-12)20(7-17-9)13-8-4-5-15(25-13,10(8)21)6-24-26(2)22;1-24(21)22-4-13-3-2-6(8(13)20)11(23-13)19-5-16-7-9(14)17-12(15)18-10(7)19;1-7-5-15(12(18)14-10(7)17)11-8-3-4-13(21-11,9(8)16)6-20-22(2)19;1-22(19)20-5-12-3-2-6(8(12)16)10(21-12)15-4-7(13)9(17)14-11(15)18;1-21(18)19-6-12-4-2-7(9(12)16)10(20-12)15-5-3-8(13)14-11(15)17;1-21(18)19-6-12-4-2-7(9(12)16)10(20-12)14-5-3-8(15)13-11(14)17;;;;;;/h7-8,10,13,21,26H,3-6H2,1-2H3,(H2,16,18,19);5-6,8,11,20,24H,2-4H2,1H3,(H4,14,15,17,18);5,8-9,11,16,22H,3-4,6H2,1-2H3,(H,14,17,18);4,6,8,10,16,22H,2-3,5H2,1H3,(H,14,17,18);3,5,7,9-10,16,21H,2,4,6H2,1H3,(H2,13,14,17);3,5,7,9-10,16,21H,2,4,6H2,1H3,(H,13,15,17);;;;;;/t8-,10+,13-,15-;6-,8+,11-,13-;8-,9+,11-,13-;6-,8+,10-,12-;2*7-,9+,10-,12-;;;;;;/m111111....../s1. The Kier molecular flexibility index (Phi) is 44.5. The molecule has 14 heterocycles. The summed E-state index contributed by atoms with van der Waals surface area (Å²) >= 11 is 0. The Balaban J connectivity index is 0.000000189. The molecule has 6 radical (unpaired) electrons. The van der Waals surface area contributed by atoms with Crippen LogP contribution in [0.3, 0.4) is 0 Å². The van der Waals surface area contributed by atoms with Crippen molar-refractivity contribution in [3.05, 3.63) is 134 Å². The summed E-state index contributed by atoms with van der Waals surface area (Å²) in [6.45, 7) is 13.0. The van der Waals surface area contributed by atoms with Gasteiger partial charge in [-0.1, -0.05) is 0 Å². The molecule has 52 nitrogen and oxygen atoms in total. The van der Waals surface area contributed by atoms with Crippen LogP contribution in [0.15, 0.2) is 83.1 Å². The molecule has 12 fully saturated rings. The molecule has 6 saturated heterocycles. The number of hydrogen-bond donors (Lipinski definition) is 13. The Morgan fingerprint density at radius 3 is 1.06 bits per heavy atom. The van der Waals surface area contributed by atoms with Gasteiger partial charge in [-0.2, -0.15) is 29.3 Å². The molecule has 17 N–H and O–H groups in total. The van der Waals surface area contributed by atoms with Gasteiger partial charge in [0.1, 0.15) is 82.3 Å². The van der Waals surface area contributed by atoms with E-state index in [9.17, 15) is 96.0 Å². The number of nitrogen functional groups attached to an aromatic ring is 4. The Morgan fingerprint density at radius 2 is 0.711 bits per heavy atom. The summed E-state index contributed by atoms with van der Waals surface area (Å²) < 4.78 is 162. The number of H-pyrrole nitrogens is 3. The van der Waals surface area contributed by atoms with E-state index in [0.717, 1.165) is 23.6 Å². The number of aromatic nitrogens is 16. The van der Waals surface area contributed by atoms with Crippen LogP contribution >= 0.6 is 48.2 Å². The Hall–Kier alpha value is -1.77. The van der Waals surface area contributed by atoms with E-state index in [1.54, 1.807) is 28.7 Å². The summed E-state index contributed by atoms with van der Waals surface area (Å²) in [6.07, 6.45) is 7.52. The van der Waals surface area contributed by atoms with Gasteiger partial charge in [0.05, 0.1) is 102 Å². The SMILES string of the molecule is CCOc1nc(N)nc2c1ncn2[C@@H]1O[C@@]2(CO[PH](C)=O)CC[C@@H]1[C@@H]2O.C[PH](=O)OC[C@@]12CC[C@@H]([C@H](n3cc(F)c(=O)[nH]c3=O)O1)[C@@H]2O.C[PH](=O)OC[C@@]12CC[C@@H]([C@H](n3ccc(=O)[nH]c3=O)O1)[C@@H]2O.C[PH](=O)OC[C@@]12CC[C@@H]([C@H](n3ccc(N)nc3=O)O1)[C@@H]2O.C[PH](=O)OC[C@@]12CC[C@@H]([C@H](n3cnc4c(N)nc(N)nc43)O1)[C@@H]2O.Cc1cn([C@@H]2O[C@@]3(CO[PH](C)=O)CC[C@@H]2[C@@H]3O)c(=O)[nH]c1=O.[Y].[Y].[Y].[Y].[Y].[Y]. The number of aliphatic hydroxyl groups is 6. The van der Waals surface area contributed by atoms with Crippen LogP contribution in [0.5, 0.6) is 5.88 Å². The van der Waals surface area contributed by atoms with E-state index in [0.29, 0.717) is 105 Å². The number of fused-ring (bicyclic) bond motifs is 14. The molecule has 6 aliphatic carbocycles. The van der Waals surface area contributed by atoms with Gasteiger partial charge < -0.3 is 114 Å². The fraction of sp³-hybridized carbons (Fsp3) is 0.662. The summed E-state index contributed by atoms with van der Waals surface area (Å²) in [5.74, 6) is -1.75. The smallest absolute Gasteiger partial charge is 0.351 e. The van der Waals surface area contributed by atoms with Crippen molar-refractivity contribution in [1.82, 2.24) is 77.2 Å². The number of nitrogens with two attached hydrogens (primary N) is 4. The summed E-state index contributed by atoms with van der Waals surface area (Å²) in [5.41, 5.74) is 15.0. The van der Waals surface area contributed by atoms with E-state index in [1.807, 2.05) is 11.9 Å². The molecule has 12 bridgehead atoms. The number of nitrogens with zero attached hydrogens (tertiary/aromatic N) is 13. The van der Waals surface area contributed by atoms with Gasteiger partial charge in [0.2, 0.25) is 23.6 Å². The number of aliphatic hydroxyl groups excluding tert-OH is 6. The van der Waals surface area contributed by atoms with Crippen LogP contribution in [0.1, 0.15) is 127 Å². The molecule has 8 aromatic rings. The average Bonchev–Trinajstić information content (AvgIpc) is 1.57. The molecule has 766 valence electrons. The maximum Gasteiger partial charge on any atom is 0.351 e. The van der Waals surface area contributed by atoms with Gasteiger partial charge in [0.25, 0.3) is 16.7 Å². The van der Waals surface area contributed by atoms with Crippen molar-refractivity contribution in [2.75, 3.05) is 109 Å². The predicted octanol–water partition coefficient (Wildman–Crippen LogP) is 0.623. The molecular weight excluding hydrogens is 2460 g/mol. The normalized spacial score (nSPS) is 32.9. The summed E-state index contributed by atoms with van der Waals surface area (Å²) in [6, 6.07) is 2.74. The zero-order chi connectivity index (χ0) is 98.1. The van der Waals surface area contributed by atoms with E-state index in [2.05, 4.69) is 44.9 Å². The second-order valence-electron chi connectivity index (χ2n) is 35.6. The number of halogens is 1. The van der Waals surface area contributed by atoms with Crippen molar-refractivity contribution in [2.24, 2.45) is 35.5 Å². The fourth-order valence-corrected chi connectivity index (χ4v) is 23.1. The number of anilines is 4. The minimum absolute atomic E-state index is 0. The van der Waals surface area contributed by atoms with Gasteiger partial charge in [0, 0.05) is 302 Å². The van der Waals surface area contributed by atoms with Crippen molar-refractivity contribution in [3.63, 3.8) is 0 Å². The summed E-state index contributed by atoms with van der Waals surface area (Å²) in [7, 11) is -12.8. The van der Waals surface area contributed by atoms with Crippen LogP contribution in [0.4, 0.5) is 27.9 Å². The van der Waals surface area contributed by atoms with E-state index in [-0.39, 0.29) is 289 Å². The van der Waals surface area contributed by atoms with Crippen LogP contribution in [0, 0.1) is 48.2 Å². The molecule has 0 amide bonds. The molecule has 30 atom stereocenters. The Bertz CT molecular complexity index is 6320. The van der Waals surface area contributed by atoms with Crippen LogP contribution in [-0.2, 0) is 279 Å². The summed E-state index contributed by atoms with van der Waals surface area (Å²) in [5, 5.41) is 63.0. The largest absolute Gasteiger partial charge is 0.476 e. The first-order valence-electron chi connectivity index (χ1n) is 43.7. The van der Waals surface area contributed by atoms with Crippen molar-refractivity contribution in [3.8, 4) is 5.88 Å². The van der Waals surface area contributed by atoms with Gasteiger partial charge in [0.15, 0.2) is 70.8 Å². The van der Waals surface area contributed by atoms with Crippen molar-refractivity contribution in [1.29, 1.82) is 0 Å². The predicted molar refractivity (Wildman–Crippen MR) is 481 cm³/mol. The van der Waals surface area contributed by atoms with Crippen LogP contribution in [0.2, 0.25) is 0 Å². The molecule has 12 aliphatic rings. The minimum Gasteiger partial charge on any atom is -0.476 e. The number of imidazole rings is 2. The summed E-state index contributed by atoms with van der Waals surface area (Å²) in [4.78, 5) is 116. The van der Waals surface area contributed by atoms with Gasteiger partial charge in [-0.05, 0) is 97.0 Å². The molecule has 8 aromatic heterocycles. The molecule has 20 rings (SSSR count). The van der Waals surface area contributed by atoms with Crippen molar-refractivity contribution >= 4 is 94.0 Å². The fourth-order valence-electron chi connectivity index (χ4n) is 20.4. The first-order valence-corrected chi connectivity index (χ1v) is 54.6. The van der Waals surface area contributed by atoms with Gasteiger partial charge in [-0.25, -0.2) is 29.1 Å². The zero-order valence-electron chi connectivity index (χ0n) is 78.2. The van der Waals surface area contributed by atoms with E-state index in [1.165, 1.54) is 84.4 Å². The molecule has 6 saturated carbocycles. The molecular formula is C77H111FN20O32P6Y6. The van der Waals surface area contributed by atoms with Gasteiger partial charge >= 0.3 is 22.8 Å².